The first kappa shape index (κ1) is 12.9. The summed E-state index contributed by atoms with van der Waals surface area (Å²) in [5.41, 5.74) is 0. The Morgan fingerprint density at radius 2 is 1.69 bits per heavy atom. The summed E-state index contributed by atoms with van der Waals surface area (Å²) in [6.45, 7) is 0. The van der Waals surface area contributed by atoms with Gasteiger partial charge in [0.1, 0.15) is 0 Å². The summed E-state index contributed by atoms with van der Waals surface area (Å²) in [5, 5.41) is 0.790. The number of carbonyl (C=O) groups excluding carboxylic acids is 1. The van der Waals surface area contributed by atoms with Crippen LogP contribution in [0.4, 0.5) is 4.79 Å². The zero-order valence-electron chi connectivity index (χ0n) is 5.85. The smallest absolute Gasteiger partial charge is 0.298 e. The molecule has 3 N–H and O–H groups in total. The van der Waals surface area contributed by atoms with Crippen molar-refractivity contribution in [3.63, 3.8) is 0 Å². The summed E-state index contributed by atoms with van der Waals surface area (Å²) >= 11 is 3.22. The first-order valence-electron chi connectivity index (χ1n) is 2.57. The molecule has 76 valence electrons. The Morgan fingerprint density at radius 3 is 1.92 bits per heavy atom. The Kier molecular flexibility index (Phi) is 6.27. The van der Waals surface area contributed by atoms with Gasteiger partial charge >= 0.3 is 16.5 Å². The van der Waals surface area contributed by atoms with Crippen molar-refractivity contribution in [3.05, 3.63) is 0 Å². The Bertz CT molecular complexity index is 194. The average Bonchev–Trinajstić information content (AvgIpc) is 1.80. The minimum atomic E-state index is -3.06. The predicted molar refractivity (Wildman–Crippen MR) is 43.1 cm³/mol. The third-order valence-corrected chi connectivity index (χ3v) is 1.49. The minimum absolute atomic E-state index is 0.946. The molecular weight excluding hydrogens is 244 g/mol. The van der Waals surface area contributed by atoms with Crippen molar-refractivity contribution in [1.29, 1.82) is 0 Å². The first-order chi connectivity index (χ1) is 5.91. The normalized spacial score (nSPS) is 14.7. The molecule has 0 aliphatic rings. The lowest BCUT2D eigenvalue weighted by atomic mass is 11.0. The Balaban J connectivity index is 4.10. The standard InChI is InChI=1S/C2H5NO7P2S/c4-1(13)3-2(9-11(5)6)10-12(7)8/h2H,(H,5,6)(H,7,8)(H2,3,4,13). The van der Waals surface area contributed by atoms with E-state index in [0.29, 0.717) is 0 Å². The van der Waals surface area contributed by atoms with E-state index in [0.717, 1.165) is 0 Å². The van der Waals surface area contributed by atoms with E-state index >= 15 is 0 Å². The Labute approximate surface area is 79.5 Å². The van der Waals surface area contributed by atoms with Crippen LogP contribution in [0.2, 0.25) is 0 Å². The molecule has 2 unspecified atom stereocenters. The number of amides is 1. The van der Waals surface area contributed by atoms with Crippen LogP contribution in [-0.2, 0) is 18.2 Å². The van der Waals surface area contributed by atoms with Crippen LogP contribution < -0.4 is 5.32 Å². The van der Waals surface area contributed by atoms with Gasteiger partial charge in [-0.3, -0.25) is 19.9 Å². The van der Waals surface area contributed by atoms with E-state index in [1.807, 2.05) is 0 Å². The number of hydrogen-bond acceptors (Lipinski definition) is 5. The van der Waals surface area contributed by atoms with Crippen molar-refractivity contribution in [1.82, 2.24) is 5.32 Å². The molecule has 0 saturated heterocycles. The monoisotopic (exact) mass is 249 g/mol. The molecule has 0 aliphatic carbocycles. The number of carbonyl (C=O) groups is 1. The Morgan fingerprint density at radius 1 is 1.31 bits per heavy atom. The fraction of sp³-hybridized carbons (Fsp3) is 0.500. The quantitative estimate of drug-likeness (QED) is 0.312. The van der Waals surface area contributed by atoms with Crippen LogP contribution in [0.15, 0.2) is 0 Å². The molecular formula is C2H5NO7P2S. The lowest BCUT2D eigenvalue weighted by molar-refractivity contribution is -0.0119. The summed E-state index contributed by atoms with van der Waals surface area (Å²) in [4.78, 5) is 26.7. The highest BCUT2D eigenvalue weighted by molar-refractivity contribution is 7.96. The largest absolute Gasteiger partial charge is 0.370 e. The van der Waals surface area contributed by atoms with Gasteiger partial charge in [-0.2, -0.15) is 0 Å². The van der Waals surface area contributed by atoms with Crippen molar-refractivity contribution >= 4 is 34.4 Å². The van der Waals surface area contributed by atoms with Crippen LogP contribution in [0.25, 0.3) is 0 Å². The minimum Gasteiger partial charge on any atom is -0.298 e. The zero-order chi connectivity index (χ0) is 10.4. The number of thiol groups is 1. The van der Waals surface area contributed by atoms with Crippen LogP contribution in [0, 0.1) is 0 Å². The van der Waals surface area contributed by atoms with Crippen molar-refractivity contribution in [2.24, 2.45) is 0 Å². The lowest BCUT2D eigenvalue weighted by Gasteiger charge is -2.11. The zero-order valence-corrected chi connectivity index (χ0v) is 8.54. The molecule has 0 rings (SSSR count). The van der Waals surface area contributed by atoms with Gasteiger partial charge in [0.05, 0.1) is 0 Å². The lowest BCUT2D eigenvalue weighted by Crippen LogP contribution is -2.32. The van der Waals surface area contributed by atoms with Crippen molar-refractivity contribution in [3.8, 4) is 0 Å². The molecule has 13 heavy (non-hydrogen) atoms. The van der Waals surface area contributed by atoms with E-state index in [-0.39, 0.29) is 0 Å². The molecule has 0 saturated carbocycles. The van der Waals surface area contributed by atoms with Crippen LogP contribution in [0.3, 0.4) is 0 Å². The topological polar surface area (TPSA) is 122 Å². The van der Waals surface area contributed by atoms with Crippen LogP contribution >= 0.6 is 29.1 Å². The van der Waals surface area contributed by atoms with Crippen molar-refractivity contribution in [2.75, 3.05) is 0 Å². The van der Waals surface area contributed by atoms with Crippen LogP contribution in [-0.4, -0.2) is 21.4 Å². The van der Waals surface area contributed by atoms with Gasteiger partial charge in [0.25, 0.3) is 11.7 Å². The van der Waals surface area contributed by atoms with E-state index < -0.39 is 28.2 Å². The highest BCUT2D eigenvalue weighted by Gasteiger charge is 2.17. The molecule has 0 fully saturated rings. The Hall–Kier alpha value is -0.140. The van der Waals surface area contributed by atoms with Gasteiger partial charge < -0.3 is 0 Å². The third kappa shape index (κ3) is 8.20. The van der Waals surface area contributed by atoms with Gasteiger partial charge in [-0.05, 0) is 0 Å². The van der Waals surface area contributed by atoms with E-state index in [9.17, 15) is 13.9 Å². The third-order valence-electron chi connectivity index (χ3n) is 0.613. The summed E-state index contributed by atoms with van der Waals surface area (Å²) in [5.74, 6) is 0. The molecule has 0 aromatic carbocycles. The van der Waals surface area contributed by atoms with Gasteiger partial charge in [-0.25, -0.2) is 18.2 Å². The van der Waals surface area contributed by atoms with E-state index in [1.54, 1.807) is 5.32 Å². The second-order valence-corrected chi connectivity index (χ2v) is 3.25. The van der Waals surface area contributed by atoms with Gasteiger partial charge in [-0.1, -0.05) is 12.6 Å². The van der Waals surface area contributed by atoms with Gasteiger partial charge in [0.2, 0.25) is 0 Å². The van der Waals surface area contributed by atoms with E-state index in [4.69, 9.17) is 9.79 Å². The summed E-state index contributed by atoms with van der Waals surface area (Å²) < 4.78 is 28.1. The maximum Gasteiger partial charge on any atom is 0.370 e. The molecule has 2 atom stereocenters. The maximum absolute atomic E-state index is 10.3. The molecule has 1 amide bonds. The molecule has 0 bridgehead atoms. The fourth-order valence-electron chi connectivity index (χ4n) is 0.337. The number of nitrogens with one attached hydrogen (secondary N) is 1. The fourth-order valence-corrected chi connectivity index (χ4v) is 1.03. The van der Waals surface area contributed by atoms with Crippen molar-refractivity contribution < 1.29 is 32.8 Å². The molecule has 11 heteroatoms. The summed E-state index contributed by atoms with van der Waals surface area (Å²) in [6, 6.07) is 0. The SMILES string of the molecule is O=C(S)NC(O[P](=O)O)O[P](=O)O. The van der Waals surface area contributed by atoms with E-state index in [2.05, 4.69) is 21.7 Å². The molecule has 0 heterocycles. The van der Waals surface area contributed by atoms with Crippen molar-refractivity contribution in [2.45, 2.75) is 6.41 Å². The number of hydrogen-bond donors (Lipinski definition) is 4. The van der Waals surface area contributed by atoms with Crippen LogP contribution in [0.1, 0.15) is 0 Å². The molecule has 0 aliphatic heterocycles. The number of rotatable bonds is 5. The van der Waals surface area contributed by atoms with E-state index in [1.165, 1.54) is 0 Å². The molecule has 0 aromatic heterocycles. The first-order valence-corrected chi connectivity index (χ1v) is 5.28. The molecule has 0 spiro atoms. The summed E-state index contributed by atoms with van der Waals surface area (Å²) in [7, 11) is -6.13. The summed E-state index contributed by atoms with van der Waals surface area (Å²) in [6.07, 6.45) is -1.78. The second-order valence-electron chi connectivity index (χ2n) is 1.47. The van der Waals surface area contributed by atoms with Crippen LogP contribution in [0.5, 0.6) is 0 Å². The maximum atomic E-state index is 10.3. The predicted octanol–water partition coefficient (Wildman–Crippen LogP) is 0.242. The highest BCUT2D eigenvalue weighted by Crippen LogP contribution is 2.24. The average molecular weight is 249 g/mol. The second kappa shape index (κ2) is 6.33. The molecule has 8 nitrogen and oxygen atoms in total. The molecule has 2 radical (unpaired) electrons. The van der Waals surface area contributed by atoms with Gasteiger partial charge in [-0.15, -0.1) is 0 Å². The van der Waals surface area contributed by atoms with Gasteiger partial charge in [0.15, 0.2) is 0 Å². The highest BCUT2D eigenvalue weighted by atomic mass is 32.1. The van der Waals surface area contributed by atoms with Gasteiger partial charge in [0, 0.05) is 0 Å². The molecule has 0 aromatic rings.